The van der Waals surface area contributed by atoms with Gasteiger partial charge in [0.05, 0.1) is 0 Å². The van der Waals surface area contributed by atoms with Crippen molar-refractivity contribution >= 4 is 27.5 Å². The maximum Gasteiger partial charge on any atom is 0.124 e. The Hall–Kier alpha value is -0.120. The normalized spacial score (nSPS) is 11.8. The largest absolute Gasteiger partial charge is 0.308 e. The molecule has 0 aromatic heterocycles. The number of benzene rings is 1. The number of hydrogen-bond donors (Lipinski definition) is 1. The zero-order valence-corrected chi connectivity index (χ0v) is 11.8. The Morgan fingerprint density at radius 3 is 2.62 bits per heavy atom. The highest BCUT2D eigenvalue weighted by atomic mass is 79.9. The zero-order valence-electron chi connectivity index (χ0n) is 9.49. The van der Waals surface area contributed by atoms with Crippen LogP contribution in [0.5, 0.6) is 0 Å². The lowest BCUT2D eigenvalue weighted by molar-refractivity contribution is 0.376. The first-order valence-corrected chi connectivity index (χ1v) is 6.52. The fourth-order valence-corrected chi connectivity index (χ4v) is 2.36. The van der Waals surface area contributed by atoms with E-state index >= 15 is 0 Å². The van der Waals surface area contributed by atoms with Crippen molar-refractivity contribution in [1.29, 1.82) is 0 Å². The molecule has 0 amide bonds. The standard InChI is InChI=1S/C12H16BrClFN/c1-12(2,3-4-14)16-8-9-5-10(13)7-11(15)6-9/h5-7,16H,3-4,8H2,1-2H3. The van der Waals surface area contributed by atoms with E-state index in [-0.39, 0.29) is 11.4 Å². The molecule has 0 unspecified atom stereocenters. The van der Waals surface area contributed by atoms with Crippen molar-refractivity contribution in [1.82, 2.24) is 5.32 Å². The maximum atomic E-state index is 13.1. The molecule has 0 saturated carbocycles. The molecular weight excluding hydrogens is 292 g/mol. The van der Waals surface area contributed by atoms with Gasteiger partial charge < -0.3 is 5.32 Å². The molecule has 0 fully saturated rings. The van der Waals surface area contributed by atoms with Crippen molar-refractivity contribution in [2.75, 3.05) is 5.88 Å². The van der Waals surface area contributed by atoms with Gasteiger partial charge >= 0.3 is 0 Å². The maximum absolute atomic E-state index is 13.1. The molecule has 1 rings (SSSR count). The predicted molar refractivity (Wildman–Crippen MR) is 70.4 cm³/mol. The summed E-state index contributed by atoms with van der Waals surface area (Å²) in [6, 6.07) is 4.90. The van der Waals surface area contributed by atoms with Crippen LogP contribution in [0.15, 0.2) is 22.7 Å². The van der Waals surface area contributed by atoms with Crippen molar-refractivity contribution in [3.05, 3.63) is 34.1 Å². The third-order valence-electron chi connectivity index (χ3n) is 2.41. The Labute approximate surface area is 110 Å². The smallest absolute Gasteiger partial charge is 0.124 e. The van der Waals surface area contributed by atoms with Crippen molar-refractivity contribution < 1.29 is 4.39 Å². The van der Waals surface area contributed by atoms with Crippen LogP contribution in [0.2, 0.25) is 0 Å². The molecule has 1 nitrogen and oxygen atoms in total. The third-order valence-corrected chi connectivity index (χ3v) is 3.06. The van der Waals surface area contributed by atoms with Crippen LogP contribution >= 0.6 is 27.5 Å². The summed E-state index contributed by atoms with van der Waals surface area (Å²) in [6.07, 6.45) is 0.880. The molecule has 0 aliphatic rings. The fraction of sp³-hybridized carbons (Fsp3) is 0.500. The lowest BCUT2D eigenvalue weighted by atomic mass is 10.0. The van der Waals surface area contributed by atoms with Crippen LogP contribution in [0.25, 0.3) is 0 Å². The molecule has 0 radical (unpaired) electrons. The monoisotopic (exact) mass is 307 g/mol. The second kappa shape index (κ2) is 5.99. The number of hydrogen-bond acceptors (Lipinski definition) is 1. The molecule has 1 aromatic rings. The quantitative estimate of drug-likeness (QED) is 0.808. The van der Waals surface area contributed by atoms with Gasteiger partial charge in [-0.1, -0.05) is 15.9 Å². The highest BCUT2D eigenvalue weighted by molar-refractivity contribution is 9.10. The van der Waals surface area contributed by atoms with E-state index in [1.807, 2.05) is 6.07 Å². The minimum Gasteiger partial charge on any atom is -0.308 e. The highest BCUT2D eigenvalue weighted by Crippen LogP contribution is 2.16. The Kier molecular flexibility index (Phi) is 5.22. The van der Waals surface area contributed by atoms with Crippen molar-refractivity contribution in [3.63, 3.8) is 0 Å². The Morgan fingerprint density at radius 1 is 1.38 bits per heavy atom. The number of halogens is 3. The molecule has 0 saturated heterocycles. The number of rotatable bonds is 5. The van der Waals surface area contributed by atoms with E-state index in [9.17, 15) is 4.39 Å². The third kappa shape index (κ3) is 4.81. The van der Waals surface area contributed by atoms with E-state index in [2.05, 4.69) is 35.1 Å². The Balaban J connectivity index is 2.60. The SMILES string of the molecule is CC(C)(CCCl)NCc1cc(F)cc(Br)c1. The van der Waals surface area contributed by atoms with Crippen molar-refractivity contribution in [2.45, 2.75) is 32.4 Å². The van der Waals surface area contributed by atoms with Gasteiger partial charge in [-0.3, -0.25) is 0 Å². The first kappa shape index (κ1) is 13.9. The minimum atomic E-state index is -0.221. The average Bonchev–Trinajstić information content (AvgIpc) is 2.13. The van der Waals surface area contributed by atoms with Crippen LogP contribution in [0.1, 0.15) is 25.8 Å². The van der Waals surface area contributed by atoms with E-state index in [0.717, 1.165) is 16.5 Å². The fourth-order valence-electron chi connectivity index (χ4n) is 1.38. The van der Waals surface area contributed by atoms with Gasteiger partial charge in [-0.25, -0.2) is 4.39 Å². The predicted octanol–water partition coefficient (Wildman–Crippen LogP) is 4.09. The van der Waals surface area contributed by atoms with Gasteiger partial charge in [0.1, 0.15) is 5.82 Å². The summed E-state index contributed by atoms with van der Waals surface area (Å²) in [6.45, 7) is 4.81. The number of nitrogens with one attached hydrogen (secondary N) is 1. The van der Waals surface area contributed by atoms with E-state index in [0.29, 0.717) is 12.4 Å². The summed E-state index contributed by atoms with van der Waals surface area (Å²) in [5.41, 5.74) is 0.898. The van der Waals surface area contributed by atoms with Gasteiger partial charge in [-0.05, 0) is 44.0 Å². The molecule has 0 aliphatic heterocycles. The van der Waals surface area contributed by atoms with Gasteiger partial charge in [0, 0.05) is 22.4 Å². The molecule has 0 atom stereocenters. The van der Waals surface area contributed by atoms with Gasteiger partial charge in [0.2, 0.25) is 0 Å². The molecule has 0 aliphatic carbocycles. The van der Waals surface area contributed by atoms with Gasteiger partial charge in [0.25, 0.3) is 0 Å². The Morgan fingerprint density at radius 2 is 2.06 bits per heavy atom. The van der Waals surface area contributed by atoms with E-state index in [1.165, 1.54) is 12.1 Å². The molecule has 16 heavy (non-hydrogen) atoms. The molecule has 0 heterocycles. The summed E-state index contributed by atoms with van der Waals surface area (Å²) in [5.74, 6) is 0.397. The van der Waals surface area contributed by atoms with E-state index in [1.54, 1.807) is 0 Å². The molecule has 1 aromatic carbocycles. The first-order chi connectivity index (χ1) is 7.43. The Bertz CT molecular complexity index is 335. The second-order valence-electron chi connectivity index (χ2n) is 4.45. The summed E-state index contributed by atoms with van der Waals surface area (Å²) < 4.78 is 13.9. The van der Waals surface area contributed by atoms with E-state index < -0.39 is 0 Å². The molecule has 1 N–H and O–H groups in total. The molecule has 90 valence electrons. The number of alkyl halides is 1. The summed E-state index contributed by atoms with van der Waals surface area (Å²) >= 11 is 8.99. The van der Waals surface area contributed by atoms with Crippen molar-refractivity contribution in [3.8, 4) is 0 Å². The summed E-state index contributed by atoms with van der Waals surface area (Å²) in [7, 11) is 0. The lowest BCUT2D eigenvalue weighted by Gasteiger charge is -2.25. The molecule has 4 heteroatoms. The molecule has 0 spiro atoms. The lowest BCUT2D eigenvalue weighted by Crippen LogP contribution is -2.39. The highest BCUT2D eigenvalue weighted by Gasteiger charge is 2.15. The van der Waals surface area contributed by atoms with Crippen LogP contribution in [-0.2, 0) is 6.54 Å². The summed E-state index contributed by atoms with van der Waals surface area (Å²) in [5, 5.41) is 3.36. The van der Waals surface area contributed by atoms with E-state index in [4.69, 9.17) is 11.6 Å². The van der Waals surface area contributed by atoms with Crippen LogP contribution in [0, 0.1) is 5.82 Å². The molecular formula is C12H16BrClFN. The topological polar surface area (TPSA) is 12.0 Å². The second-order valence-corrected chi connectivity index (χ2v) is 5.75. The van der Waals surface area contributed by atoms with Crippen LogP contribution in [0.4, 0.5) is 4.39 Å². The van der Waals surface area contributed by atoms with Crippen molar-refractivity contribution in [2.24, 2.45) is 0 Å². The molecule has 0 bridgehead atoms. The van der Waals surface area contributed by atoms with Gasteiger partial charge in [-0.2, -0.15) is 0 Å². The van der Waals surface area contributed by atoms with Crippen LogP contribution in [-0.4, -0.2) is 11.4 Å². The van der Waals surface area contributed by atoms with Crippen LogP contribution in [0.3, 0.4) is 0 Å². The van der Waals surface area contributed by atoms with Crippen LogP contribution < -0.4 is 5.32 Å². The van der Waals surface area contributed by atoms with Gasteiger partial charge in [-0.15, -0.1) is 11.6 Å². The minimum absolute atomic E-state index is 0.0272. The first-order valence-electron chi connectivity index (χ1n) is 5.19. The zero-order chi connectivity index (χ0) is 12.2. The summed E-state index contributed by atoms with van der Waals surface area (Å²) in [4.78, 5) is 0. The average molecular weight is 309 g/mol. The van der Waals surface area contributed by atoms with Gasteiger partial charge in [0.15, 0.2) is 0 Å².